The Balaban J connectivity index is 2.39. The van der Waals surface area contributed by atoms with E-state index in [4.69, 9.17) is 5.26 Å². The highest BCUT2D eigenvalue weighted by atomic mass is 32.2. The van der Waals surface area contributed by atoms with E-state index in [1.807, 2.05) is 39.0 Å². The van der Waals surface area contributed by atoms with Gasteiger partial charge < -0.3 is 4.55 Å². The van der Waals surface area contributed by atoms with Crippen molar-refractivity contribution in [2.75, 3.05) is 0 Å². The topological polar surface area (TPSA) is 59.2 Å². The second-order valence-electron chi connectivity index (χ2n) is 5.34. The SMILES string of the molecule is CC(C)(C)[S@+]([O-])/N=C1/CCc2c(C#N)cccc21. The van der Waals surface area contributed by atoms with Crippen molar-refractivity contribution in [3.63, 3.8) is 0 Å². The van der Waals surface area contributed by atoms with Crippen LogP contribution in [0, 0.1) is 11.3 Å². The molecule has 0 bridgehead atoms. The largest absolute Gasteiger partial charge is 0.591 e. The molecule has 0 saturated carbocycles. The van der Waals surface area contributed by atoms with E-state index in [-0.39, 0.29) is 4.75 Å². The fraction of sp³-hybridized carbons (Fsp3) is 0.429. The van der Waals surface area contributed by atoms with Gasteiger partial charge in [0.25, 0.3) is 0 Å². The standard InChI is InChI=1S/C14H16N2OS/c1-14(2,3)18(17)16-13-8-7-11-10(9-15)5-4-6-12(11)13/h4-6H,7-8H2,1-3H3/b16-13-/t18-/m0/s1. The molecule has 1 aliphatic rings. The fourth-order valence-electron chi connectivity index (χ4n) is 1.94. The fourth-order valence-corrected chi connectivity index (χ4v) is 2.60. The molecule has 0 amide bonds. The van der Waals surface area contributed by atoms with Gasteiger partial charge in [-0.1, -0.05) is 16.5 Å². The van der Waals surface area contributed by atoms with E-state index in [0.717, 1.165) is 29.7 Å². The van der Waals surface area contributed by atoms with Gasteiger partial charge in [-0.25, -0.2) is 0 Å². The first-order chi connectivity index (χ1) is 8.43. The summed E-state index contributed by atoms with van der Waals surface area (Å²) < 4.78 is 16.0. The highest BCUT2D eigenvalue weighted by Gasteiger charge is 2.29. The summed E-state index contributed by atoms with van der Waals surface area (Å²) in [5.74, 6) is 0. The summed E-state index contributed by atoms with van der Waals surface area (Å²) in [7, 11) is 0. The van der Waals surface area contributed by atoms with Crippen LogP contribution in [0.3, 0.4) is 0 Å². The van der Waals surface area contributed by atoms with E-state index in [9.17, 15) is 4.55 Å². The molecule has 1 aromatic carbocycles. The summed E-state index contributed by atoms with van der Waals surface area (Å²) in [5, 5.41) is 9.05. The van der Waals surface area contributed by atoms with Crippen molar-refractivity contribution in [2.45, 2.75) is 38.4 Å². The molecule has 0 fully saturated rings. The lowest BCUT2D eigenvalue weighted by Crippen LogP contribution is -2.26. The molecule has 0 unspecified atom stereocenters. The van der Waals surface area contributed by atoms with Crippen LogP contribution in [0.4, 0.5) is 0 Å². The Morgan fingerprint density at radius 2 is 2.06 bits per heavy atom. The van der Waals surface area contributed by atoms with Crippen molar-refractivity contribution in [1.82, 2.24) is 0 Å². The molecule has 0 N–H and O–H groups in total. The molecule has 1 aromatic rings. The first kappa shape index (κ1) is 13.1. The van der Waals surface area contributed by atoms with Gasteiger partial charge in [0.05, 0.1) is 17.3 Å². The molecule has 1 atom stereocenters. The van der Waals surface area contributed by atoms with Crippen LogP contribution in [-0.4, -0.2) is 15.0 Å². The third kappa shape index (κ3) is 2.43. The summed E-state index contributed by atoms with van der Waals surface area (Å²) >= 11 is -1.24. The number of fused-ring (bicyclic) bond motifs is 1. The predicted molar refractivity (Wildman–Crippen MR) is 73.9 cm³/mol. The summed E-state index contributed by atoms with van der Waals surface area (Å²) in [6.45, 7) is 5.73. The van der Waals surface area contributed by atoms with Crippen LogP contribution < -0.4 is 0 Å². The van der Waals surface area contributed by atoms with Crippen molar-refractivity contribution in [3.8, 4) is 6.07 Å². The minimum Gasteiger partial charge on any atom is -0.591 e. The maximum atomic E-state index is 12.0. The number of nitriles is 1. The summed E-state index contributed by atoms with van der Waals surface area (Å²) in [6.07, 6.45) is 1.59. The number of hydrogen-bond acceptors (Lipinski definition) is 3. The van der Waals surface area contributed by atoms with Gasteiger partial charge in [0.1, 0.15) is 16.1 Å². The molecule has 0 aromatic heterocycles. The molecule has 18 heavy (non-hydrogen) atoms. The van der Waals surface area contributed by atoms with Gasteiger partial charge in [0, 0.05) is 5.56 Å². The Labute approximate surface area is 111 Å². The number of benzene rings is 1. The van der Waals surface area contributed by atoms with Crippen molar-refractivity contribution in [3.05, 3.63) is 34.9 Å². The number of hydrogen-bond donors (Lipinski definition) is 0. The van der Waals surface area contributed by atoms with E-state index in [1.54, 1.807) is 0 Å². The van der Waals surface area contributed by atoms with Crippen LogP contribution in [0.1, 0.15) is 43.9 Å². The van der Waals surface area contributed by atoms with E-state index in [1.165, 1.54) is 0 Å². The molecule has 0 heterocycles. The lowest BCUT2D eigenvalue weighted by molar-refractivity contribution is 0.561. The second kappa shape index (κ2) is 4.75. The number of nitrogens with zero attached hydrogens (tertiary/aromatic N) is 2. The van der Waals surface area contributed by atoms with Crippen LogP contribution in [0.15, 0.2) is 22.6 Å². The van der Waals surface area contributed by atoms with Crippen molar-refractivity contribution in [2.24, 2.45) is 4.40 Å². The van der Waals surface area contributed by atoms with Crippen LogP contribution in [0.25, 0.3) is 0 Å². The third-order valence-electron chi connectivity index (χ3n) is 2.94. The van der Waals surface area contributed by atoms with Gasteiger partial charge in [-0.2, -0.15) is 5.26 Å². The van der Waals surface area contributed by atoms with Gasteiger partial charge in [-0.15, -0.1) is 0 Å². The maximum absolute atomic E-state index is 12.0. The second-order valence-corrected chi connectivity index (χ2v) is 7.25. The molecule has 0 saturated heterocycles. The maximum Gasteiger partial charge on any atom is 0.144 e. The molecule has 2 rings (SSSR count). The summed E-state index contributed by atoms with van der Waals surface area (Å²) in [6, 6.07) is 7.84. The zero-order chi connectivity index (χ0) is 13.3. The van der Waals surface area contributed by atoms with Crippen LogP contribution >= 0.6 is 0 Å². The molecule has 0 aliphatic heterocycles. The Hall–Kier alpha value is -1.31. The smallest absolute Gasteiger partial charge is 0.144 e. The Bertz CT molecular complexity index is 538. The van der Waals surface area contributed by atoms with E-state index in [2.05, 4.69) is 10.5 Å². The molecule has 0 radical (unpaired) electrons. The van der Waals surface area contributed by atoms with Crippen LogP contribution in [0.2, 0.25) is 0 Å². The van der Waals surface area contributed by atoms with Gasteiger partial charge in [-0.3, -0.25) is 0 Å². The minimum atomic E-state index is -1.24. The van der Waals surface area contributed by atoms with Gasteiger partial charge >= 0.3 is 0 Å². The van der Waals surface area contributed by atoms with Gasteiger partial charge in [-0.05, 0) is 45.2 Å². The molecule has 4 heteroatoms. The molecule has 0 spiro atoms. The molecule has 3 nitrogen and oxygen atoms in total. The minimum absolute atomic E-state index is 0.345. The van der Waals surface area contributed by atoms with Gasteiger partial charge in [0.15, 0.2) is 0 Å². The first-order valence-corrected chi connectivity index (χ1v) is 7.06. The van der Waals surface area contributed by atoms with Crippen molar-refractivity contribution < 1.29 is 4.55 Å². The summed E-state index contributed by atoms with van der Waals surface area (Å²) in [4.78, 5) is 0. The first-order valence-electron chi connectivity index (χ1n) is 5.95. The molecule has 94 valence electrons. The molecule has 1 aliphatic carbocycles. The lowest BCUT2D eigenvalue weighted by atomic mass is 10.0. The quantitative estimate of drug-likeness (QED) is 0.729. The Kier molecular flexibility index (Phi) is 3.47. The lowest BCUT2D eigenvalue weighted by Gasteiger charge is -2.18. The average molecular weight is 260 g/mol. The predicted octanol–water partition coefficient (Wildman–Crippen LogP) is 2.76. The number of rotatable bonds is 1. The van der Waals surface area contributed by atoms with E-state index < -0.39 is 11.4 Å². The highest BCUT2D eigenvalue weighted by Crippen LogP contribution is 2.28. The zero-order valence-electron chi connectivity index (χ0n) is 10.9. The summed E-state index contributed by atoms with van der Waals surface area (Å²) in [5.41, 5.74) is 3.62. The molecular formula is C14H16N2OS. The third-order valence-corrected chi connectivity index (χ3v) is 4.37. The van der Waals surface area contributed by atoms with Crippen LogP contribution in [0.5, 0.6) is 0 Å². The average Bonchev–Trinajstić information content (AvgIpc) is 2.71. The van der Waals surface area contributed by atoms with Crippen LogP contribution in [-0.2, 0) is 17.8 Å². The highest BCUT2D eigenvalue weighted by molar-refractivity contribution is 7.91. The van der Waals surface area contributed by atoms with E-state index >= 15 is 0 Å². The monoisotopic (exact) mass is 260 g/mol. The van der Waals surface area contributed by atoms with E-state index in [0.29, 0.717) is 5.56 Å². The molecular weight excluding hydrogens is 244 g/mol. The van der Waals surface area contributed by atoms with Crippen molar-refractivity contribution in [1.29, 1.82) is 5.26 Å². The zero-order valence-corrected chi connectivity index (χ0v) is 11.7. The normalized spacial score (nSPS) is 18.5. The van der Waals surface area contributed by atoms with Crippen molar-refractivity contribution >= 4 is 17.1 Å². The Morgan fingerprint density at radius 1 is 1.33 bits per heavy atom. The van der Waals surface area contributed by atoms with Gasteiger partial charge in [0.2, 0.25) is 0 Å². The Morgan fingerprint density at radius 3 is 2.67 bits per heavy atom.